The zero-order valence-corrected chi connectivity index (χ0v) is 22.3. The van der Waals surface area contributed by atoms with Gasteiger partial charge in [0, 0.05) is 38.3 Å². The van der Waals surface area contributed by atoms with E-state index in [4.69, 9.17) is 9.90 Å². The number of nitrogens with zero attached hydrogens (tertiary/aromatic N) is 2. The molecular formula is C27H33F3N4O6. The summed E-state index contributed by atoms with van der Waals surface area (Å²) in [6.07, 6.45) is -3.06. The van der Waals surface area contributed by atoms with E-state index in [9.17, 15) is 32.7 Å². The van der Waals surface area contributed by atoms with E-state index in [1.54, 1.807) is 24.3 Å². The van der Waals surface area contributed by atoms with Crippen LogP contribution in [0.3, 0.4) is 0 Å². The van der Waals surface area contributed by atoms with E-state index >= 15 is 0 Å². The third-order valence-electron chi connectivity index (χ3n) is 5.98. The van der Waals surface area contributed by atoms with Gasteiger partial charge < -0.3 is 25.7 Å². The third-order valence-corrected chi connectivity index (χ3v) is 5.98. The maximum atomic E-state index is 12.8. The second-order valence-electron chi connectivity index (χ2n) is 9.13. The lowest BCUT2D eigenvalue weighted by Gasteiger charge is -2.36. The van der Waals surface area contributed by atoms with Crippen molar-refractivity contribution in [3.63, 3.8) is 0 Å². The first kappa shape index (κ1) is 32.1. The second-order valence-corrected chi connectivity index (χ2v) is 9.13. The largest absolute Gasteiger partial charge is 0.490 e. The predicted octanol–water partition coefficient (Wildman–Crippen LogP) is 3.62. The van der Waals surface area contributed by atoms with Crippen LogP contribution in [-0.4, -0.2) is 84.3 Å². The van der Waals surface area contributed by atoms with Crippen LogP contribution in [0.4, 0.5) is 24.5 Å². The zero-order valence-electron chi connectivity index (χ0n) is 22.3. The van der Waals surface area contributed by atoms with Crippen LogP contribution in [0.25, 0.3) is 0 Å². The van der Waals surface area contributed by atoms with E-state index in [0.717, 1.165) is 24.1 Å². The summed E-state index contributed by atoms with van der Waals surface area (Å²) in [5.74, 6) is -4.06. The van der Waals surface area contributed by atoms with Gasteiger partial charge >= 0.3 is 18.1 Å². The van der Waals surface area contributed by atoms with Crippen molar-refractivity contribution in [3.05, 3.63) is 59.2 Å². The van der Waals surface area contributed by atoms with Gasteiger partial charge in [0.2, 0.25) is 5.91 Å². The molecule has 1 saturated heterocycles. The van der Waals surface area contributed by atoms with Crippen LogP contribution in [0.1, 0.15) is 46.0 Å². The Balaban J connectivity index is 0.000000708. The fourth-order valence-corrected chi connectivity index (χ4v) is 3.75. The van der Waals surface area contributed by atoms with Crippen molar-refractivity contribution in [3.8, 4) is 0 Å². The average molecular weight is 567 g/mol. The van der Waals surface area contributed by atoms with Crippen LogP contribution < -0.4 is 15.5 Å². The molecule has 0 aliphatic carbocycles. The Morgan fingerprint density at radius 2 is 1.50 bits per heavy atom. The number of rotatable bonds is 9. The van der Waals surface area contributed by atoms with Crippen molar-refractivity contribution >= 4 is 35.1 Å². The molecule has 2 amide bonds. The second kappa shape index (κ2) is 14.9. The Morgan fingerprint density at radius 1 is 0.925 bits per heavy atom. The molecule has 1 heterocycles. The van der Waals surface area contributed by atoms with Crippen LogP contribution in [0.5, 0.6) is 0 Å². The van der Waals surface area contributed by atoms with E-state index in [-0.39, 0.29) is 17.4 Å². The number of carbonyl (C=O) groups excluding carboxylic acids is 2. The maximum absolute atomic E-state index is 12.8. The van der Waals surface area contributed by atoms with Gasteiger partial charge in [0.25, 0.3) is 5.91 Å². The van der Waals surface area contributed by atoms with Crippen molar-refractivity contribution in [2.75, 3.05) is 49.5 Å². The first-order valence-corrected chi connectivity index (χ1v) is 12.6. The lowest BCUT2D eigenvalue weighted by molar-refractivity contribution is -0.192. The van der Waals surface area contributed by atoms with Gasteiger partial charge in [-0.05, 0) is 43.7 Å². The summed E-state index contributed by atoms with van der Waals surface area (Å²) in [5.41, 5.74) is 2.90. The van der Waals surface area contributed by atoms with Crippen molar-refractivity contribution in [1.29, 1.82) is 0 Å². The lowest BCUT2D eigenvalue weighted by Crippen LogP contribution is -2.49. The molecule has 0 unspecified atom stereocenters. The van der Waals surface area contributed by atoms with E-state index in [1.165, 1.54) is 6.07 Å². The Kier molecular flexibility index (Phi) is 11.9. The quantitative estimate of drug-likeness (QED) is 0.338. The molecule has 1 aliphatic heterocycles. The summed E-state index contributed by atoms with van der Waals surface area (Å²) >= 11 is 0. The average Bonchev–Trinajstić information content (AvgIpc) is 2.89. The first-order chi connectivity index (χ1) is 18.8. The summed E-state index contributed by atoms with van der Waals surface area (Å²) in [6.45, 7) is 7.85. The Hall–Kier alpha value is -4.13. The van der Waals surface area contributed by atoms with Gasteiger partial charge in [-0.15, -0.1) is 0 Å². The number of unbranched alkanes of at least 4 members (excludes halogenated alkanes) is 1. The van der Waals surface area contributed by atoms with E-state index in [2.05, 4.69) is 27.4 Å². The number of anilines is 2. The van der Waals surface area contributed by atoms with Crippen molar-refractivity contribution < 1.29 is 42.6 Å². The minimum atomic E-state index is -5.08. The first-order valence-electron chi connectivity index (χ1n) is 12.6. The topological polar surface area (TPSA) is 139 Å². The monoisotopic (exact) mass is 566 g/mol. The molecule has 0 radical (unpaired) electrons. The summed E-state index contributed by atoms with van der Waals surface area (Å²) in [6, 6.07) is 12.0. The van der Waals surface area contributed by atoms with Gasteiger partial charge in [-0.3, -0.25) is 14.5 Å². The van der Waals surface area contributed by atoms with E-state index in [1.807, 2.05) is 19.1 Å². The molecule has 0 spiro atoms. The van der Waals surface area contributed by atoms with E-state index in [0.29, 0.717) is 50.5 Å². The van der Waals surface area contributed by atoms with Crippen LogP contribution in [-0.2, 0) is 9.59 Å². The van der Waals surface area contributed by atoms with Crippen LogP contribution in [0.2, 0.25) is 0 Å². The fraction of sp³-hybridized carbons (Fsp3) is 0.407. The summed E-state index contributed by atoms with van der Waals surface area (Å²) in [4.78, 5) is 49.5. The molecule has 218 valence electrons. The molecule has 0 atom stereocenters. The highest BCUT2D eigenvalue weighted by atomic mass is 19.4. The molecule has 0 saturated carbocycles. The fourth-order valence-electron chi connectivity index (χ4n) is 3.75. The molecule has 3 rings (SSSR count). The number of hydrogen-bond donors (Lipinski definition) is 4. The molecule has 0 aromatic heterocycles. The Labute approximate surface area is 229 Å². The van der Waals surface area contributed by atoms with Gasteiger partial charge in [0.1, 0.15) is 0 Å². The van der Waals surface area contributed by atoms with Gasteiger partial charge in [-0.2, -0.15) is 13.2 Å². The highest BCUT2D eigenvalue weighted by Gasteiger charge is 2.38. The molecule has 4 N–H and O–H groups in total. The highest BCUT2D eigenvalue weighted by Crippen LogP contribution is 2.29. The van der Waals surface area contributed by atoms with Crippen LogP contribution >= 0.6 is 0 Å². The number of alkyl halides is 3. The van der Waals surface area contributed by atoms with E-state index < -0.39 is 18.1 Å². The maximum Gasteiger partial charge on any atom is 0.490 e. The number of aliphatic carboxylic acids is 1. The molecule has 1 aliphatic rings. The smallest absolute Gasteiger partial charge is 0.478 e. The lowest BCUT2D eigenvalue weighted by atomic mass is 10.1. The number of nitrogens with one attached hydrogen (secondary N) is 2. The van der Waals surface area contributed by atoms with Gasteiger partial charge in [-0.1, -0.05) is 31.0 Å². The molecule has 2 aromatic carbocycles. The van der Waals surface area contributed by atoms with Gasteiger partial charge in [0.15, 0.2) is 0 Å². The van der Waals surface area contributed by atoms with Crippen molar-refractivity contribution in [1.82, 2.24) is 10.2 Å². The minimum Gasteiger partial charge on any atom is -0.478 e. The Morgan fingerprint density at radius 3 is 2.02 bits per heavy atom. The van der Waals surface area contributed by atoms with Crippen molar-refractivity contribution in [2.45, 2.75) is 32.9 Å². The summed E-state index contributed by atoms with van der Waals surface area (Å²) in [5, 5.41) is 22.4. The molecule has 10 nitrogen and oxygen atoms in total. The number of aryl methyl sites for hydroxylation is 1. The van der Waals surface area contributed by atoms with Gasteiger partial charge in [0.05, 0.1) is 23.5 Å². The standard InChI is InChI=1S/C25H32N4O4.C2HF3O2/c1-3-4-11-26-23(30)17-28-12-14-29(15-13-28)22-10-9-20(25(32)33)16-21(22)27-24(31)19-7-5-18(2)6-8-19;3-2(4,5)1(6)7/h5-10,16H,3-4,11-15,17H2,1-2H3,(H,26,30)(H,27,31)(H,32,33);(H,6,7). The summed E-state index contributed by atoms with van der Waals surface area (Å²) in [7, 11) is 0. The number of amides is 2. The molecule has 13 heteroatoms. The molecular weight excluding hydrogens is 533 g/mol. The molecule has 40 heavy (non-hydrogen) atoms. The molecule has 0 bridgehead atoms. The van der Waals surface area contributed by atoms with Crippen molar-refractivity contribution in [2.24, 2.45) is 0 Å². The molecule has 2 aromatic rings. The normalized spacial score (nSPS) is 13.6. The SMILES string of the molecule is CCCCNC(=O)CN1CCN(c2ccc(C(=O)O)cc2NC(=O)c2ccc(C)cc2)CC1.O=C(O)C(F)(F)F. The number of carboxylic acids is 2. The predicted molar refractivity (Wildman–Crippen MR) is 143 cm³/mol. The number of halogens is 3. The van der Waals surface area contributed by atoms with Gasteiger partial charge in [-0.25, -0.2) is 9.59 Å². The molecule has 1 fully saturated rings. The zero-order chi connectivity index (χ0) is 29.9. The van der Waals surface area contributed by atoms with Crippen LogP contribution in [0, 0.1) is 6.92 Å². The number of carboxylic acid groups (broad SMARTS) is 2. The third kappa shape index (κ3) is 10.2. The Bertz CT molecular complexity index is 1180. The highest BCUT2D eigenvalue weighted by molar-refractivity contribution is 6.06. The number of benzene rings is 2. The number of carbonyl (C=O) groups is 4. The number of piperazine rings is 1. The van der Waals surface area contributed by atoms with Crippen LogP contribution in [0.15, 0.2) is 42.5 Å². The summed E-state index contributed by atoms with van der Waals surface area (Å²) < 4.78 is 31.7. The minimum absolute atomic E-state index is 0.0359. The number of hydrogen-bond acceptors (Lipinski definition) is 6. The number of aromatic carboxylic acids is 1.